The number of hydrogen-bond acceptors (Lipinski definition) is 2. The zero-order valence-corrected chi connectivity index (χ0v) is 13.8. The maximum absolute atomic E-state index is 11.7. The number of hydrogen-bond donors (Lipinski definition) is 2. The molecule has 1 fully saturated rings. The van der Waals surface area contributed by atoms with Gasteiger partial charge in [0.2, 0.25) is 0 Å². The highest BCUT2D eigenvalue weighted by atomic mass is 16.5. The second-order valence-corrected chi connectivity index (χ2v) is 6.12. The molecule has 0 bridgehead atoms. The van der Waals surface area contributed by atoms with Crippen LogP contribution in [0.2, 0.25) is 0 Å². The Bertz CT molecular complexity index is 708. The Kier molecular flexibility index (Phi) is 4.70. The van der Waals surface area contributed by atoms with E-state index in [0.29, 0.717) is 12.6 Å². The van der Waals surface area contributed by atoms with Gasteiger partial charge in [0.1, 0.15) is 5.75 Å². The summed E-state index contributed by atoms with van der Waals surface area (Å²) in [4.78, 5) is 11.7. The van der Waals surface area contributed by atoms with Crippen molar-refractivity contribution in [3.63, 3.8) is 0 Å². The molecule has 4 heteroatoms. The van der Waals surface area contributed by atoms with E-state index >= 15 is 0 Å². The lowest BCUT2D eigenvalue weighted by molar-refractivity contribution is 0.240. The van der Waals surface area contributed by atoms with Crippen molar-refractivity contribution in [2.45, 2.75) is 38.6 Å². The highest BCUT2D eigenvalue weighted by Gasteiger charge is 2.22. The summed E-state index contributed by atoms with van der Waals surface area (Å²) in [6, 6.07) is 11.0. The molecule has 2 N–H and O–H groups in total. The first kappa shape index (κ1) is 15.7. The van der Waals surface area contributed by atoms with Crippen molar-refractivity contribution in [2.75, 3.05) is 13.7 Å². The van der Waals surface area contributed by atoms with Crippen molar-refractivity contribution in [3.8, 4) is 5.75 Å². The quantitative estimate of drug-likeness (QED) is 0.859. The Hall–Kier alpha value is -2.23. The third kappa shape index (κ3) is 3.95. The van der Waals surface area contributed by atoms with Crippen LogP contribution >= 0.6 is 0 Å². The maximum Gasteiger partial charge on any atom is 0.315 e. The van der Waals surface area contributed by atoms with Crippen LogP contribution in [0.25, 0.3) is 10.8 Å². The molecular weight excluding hydrogens is 288 g/mol. The Morgan fingerprint density at radius 2 is 2.09 bits per heavy atom. The number of carbonyl (C=O) groups is 1. The Balaban J connectivity index is 1.75. The molecule has 0 heterocycles. The van der Waals surface area contributed by atoms with Crippen LogP contribution in [0, 0.1) is 0 Å². The summed E-state index contributed by atoms with van der Waals surface area (Å²) in [7, 11) is 1.69. The van der Waals surface area contributed by atoms with Gasteiger partial charge in [-0.3, -0.25) is 0 Å². The minimum atomic E-state index is -0.0546. The second kappa shape index (κ2) is 6.90. The standard InChI is InChI=1S/C19H24N2O2/c1-3-13-10-14-4-7-17(23-2)12-18(14)15(11-13)8-9-20-19(22)21-16-5-6-16/h4,7,10-12,16H,3,5-6,8-9H2,1-2H3,(H2,20,21,22). The number of benzene rings is 2. The fraction of sp³-hybridized carbons (Fsp3) is 0.421. The minimum absolute atomic E-state index is 0.0546. The maximum atomic E-state index is 11.7. The van der Waals surface area contributed by atoms with Gasteiger partial charge in [0.25, 0.3) is 0 Å². The first-order valence-corrected chi connectivity index (χ1v) is 8.33. The lowest BCUT2D eigenvalue weighted by Crippen LogP contribution is -2.37. The van der Waals surface area contributed by atoms with Gasteiger partial charge in [0.05, 0.1) is 7.11 Å². The van der Waals surface area contributed by atoms with Gasteiger partial charge in [0, 0.05) is 12.6 Å². The Morgan fingerprint density at radius 1 is 1.26 bits per heavy atom. The molecular formula is C19H24N2O2. The van der Waals surface area contributed by atoms with E-state index in [1.54, 1.807) is 7.11 Å². The predicted octanol–water partition coefficient (Wildman–Crippen LogP) is 3.41. The molecule has 3 rings (SSSR count). The van der Waals surface area contributed by atoms with Gasteiger partial charge in [-0.1, -0.05) is 25.1 Å². The van der Waals surface area contributed by atoms with Crippen molar-refractivity contribution in [1.82, 2.24) is 10.6 Å². The Labute approximate surface area is 137 Å². The molecule has 4 nitrogen and oxygen atoms in total. The van der Waals surface area contributed by atoms with Gasteiger partial charge in [0.15, 0.2) is 0 Å². The summed E-state index contributed by atoms with van der Waals surface area (Å²) >= 11 is 0. The van der Waals surface area contributed by atoms with Crippen LogP contribution in [0.3, 0.4) is 0 Å². The average molecular weight is 312 g/mol. The van der Waals surface area contributed by atoms with E-state index in [1.165, 1.54) is 21.9 Å². The highest BCUT2D eigenvalue weighted by Crippen LogP contribution is 2.26. The highest BCUT2D eigenvalue weighted by molar-refractivity contribution is 5.88. The molecule has 0 saturated heterocycles. The molecule has 1 aliphatic carbocycles. The third-order valence-corrected chi connectivity index (χ3v) is 4.31. The molecule has 1 saturated carbocycles. The summed E-state index contributed by atoms with van der Waals surface area (Å²) < 4.78 is 5.35. The number of carbonyl (C=O) groups excluding carboxylic acids is 1. The van der Waals surface area contributed by atoms with Crippen LogP contribution in [0.5, 0.6) is 5.75 Å². The van der Waals surface area contributed by atoms with E-state index < -0.39 is 0 Å². The molecule has 122 valence electrons. The molecule has 1 aliphatic rings. The van der Waals surface area contributed by atoms with Crippen molar-refractivity contribution in [3.05, 3.63) is 41.5 Å². The first-order valence-electron chi connectivity index (χ1n) is 8.33. The topological polar surface area (TPSA) is 50.4 Å². The molecule has 0 radical (unpaired) electrons. The zero-order chi connectivity index (χ0) is 16.2. The van der Waals surface area contributed by atoms with Crippen molar-refractivity contribution in [1.29, 1.82) is 0 Å². The summed E-state index contributed by atoms with van der Waals surface area (Å²) in [6.45, 7) is 2.80. The number of ether oxygens (including phenoxy) is 1. The lowest BCUT2D eigenvalue weighted by atomic mass is 9.97. The average Bonchev–Trinajstić information content (AvgIpc) is 3.37. The van der Waals surface area contributed by atoms with Crippen molar-refractivity contribution in [2.24, 2.45) is 0 Å². The smallest absolute Gasteiger partial charge is 0.315 e. The van der Waals surface area contributed by atoms with E-state index in [4.69, 9.17) is 4.74 Å². The summed E-state index contributed by atoms with van der Waals surface area (Å²) in [6.07, 6.45) is 4.03. The number of nitrogens with one attached hydrogen (secondary N) is 2. The van der Waals surface area contributed by atoms with Gasteiger partial charge < -0.3 is 15.4 Å². The van der Waals surface area contributed by atoms with Gasteiger partial charge >= 0.3 is 6.03 Å². The van der Waals surface area contributed by atoms with E-state index in [0.717, 1.165) is 31.4 Å². The summed E-state index contributed by atoms with van der Waals surface area (Å²) in [5.41, 5.74) is 2.57. The van der Waals surface area contributed by atoms with Crippen LogP contribution in [0.15, 0.2) is 30.3 Å². The molecule has 0 aromatic heterocycles. The molecule has 23 heavy (non-hydrogen) atoms. The van der Waals surface area contributed by atoms with Crippen molar-refractivity contribution >= 4 is 16.8 Å². The Morgan fingerprint density at radius 3 is 2.78 bits per heavy atom. The van der Waals surface area contributed by atoms with Gasteiger partial charge in [-0.2, -0.15) is 0 Å². The molecule has 0 spiro atoms. The largest absolute Gasteiger partial charge is 0.497 e. The van der Waals surface area contributed by atoms with Gasteiger partial charge in [-0.25, -0.2) is 4.79 Å². The zero-order valence-electron chi connectivity index (χ0n) is 13.8. The van der Waals surface area contributed by atoms with Gasteiger partial charge in [-0.05, 0) is 59.7 Å². The van der Waals surface area contributed by atoms with E-state index in [2.05, 4.69) is 41.8 Å². The van der Waals surface area contributed by atoms with E-state index in [-0.39, 0.29) is 6.03 Å². The normalized spacial score (nSPS) is 13.8. The summed E-state index contributed by atoms with van der Waals surface area (Å²) in [5.74, 6) is 0.863. The summed E-state index contributed by atoms with van der Waals surface area (Å²) in [5, 5.41) is 8.32. The first-order chi connectivity index (χ1) is 11.2. The molecule has 0 atom stereocenters. The van der Waals surface area contributed by atoms with Crippen LogP contribution in [-0.2, 0) is 12.8 Å². The van der Waals surface area contributed by atoms with Crippen LogP contribution in [0.1, 0.15) is 30.9 Å². The molecule has 2 amide bonds. The molecule has 2 aromatic carbocycles. The monoisotopic (exact) mass is 312 g/mol. The van der Waals surface area contributed by atoms with Crippen molar-refractivity contribution < 1.29 is 9.53 Å². The lowest BCUT2D eigenvalue weighted by Gasteiger charge is -2.12. The second-order valence-electron chi connectivity index (χ2n) is 6.12. The fourth-order valence-corrected chi connectivity index (χ4v) is 2.80. The number of fused-ring (bicyclic) bond motifs is 1. The number of urea groups is 1. The molecule has 2 aromatic rings. The number of aryl methyl sites for hydroxylation is 1. The third-order valence-electron chi connectivity index (χ3n) is 4.31. The SMILES string of the molecule is CCc1cc(CCNC(=O)NC2CC2)c2cc(OC)ccc2c1. The van der Waals surface area contributed by atoms with Crippen LogP contribution in [0.4, 0.5) is 4.79 Å². The van der Waals surface area contributed by atoms with E-state index in [9.17, 15) is 4.79 Å². The number of amides is 2. The minimum Gasteiger partial charge on any atom is -0.497 e. The number of rotatable bonds is 6. The van der Waals surface area contributed by atoms with Crippen LogP contribution < -0.4 is 15.4 Å². The van der Waals surface area contributed by atoms with E-state index in [1.807, 2.05) is 6.07 Å². The number of methoxy groups -OCH3 is 1. The predicted molar refractivity (Wildman–Crippen MR) is 93.1 cm³/mol. The molecule has 0 unspecified atom stereocenters. The molecule has 0 aliphatic heterocycles. The van der Waals surface area contributed by atoms with Gasteiger partial charge in [-0.15, -0.1) is 0 Å². The fourth-order valence-electron chi connectivity index (χ4n) is 2.80. The van der Waals surface area contributed by atoms with Crippen LogP contribution in [-0.4, -0.2) is 25.7 Å².